The lowest BCUT2D eigenvalue weighted by molar-refractivity contribution is -0.113. The van der Waals surface area contributed by atoms with Crippen LogP contribution in [0.4, 0.5) is 5.69 Å². The number of hydrogen-bond acceptors (Lipinski definition) is 8. The van der Waals surface area contributed by atoms with Gasteiger partial charge in [0.2, 0.25) is 5.91 Å². The quantitative estimate of drug-likeness (QED) is 0.216. The van der Waals surface area contributed by atoms with Gasteiger partial charge in [0.05, 0.1) is 11.4 Å². The van der Waals surface area contributed by atoms with Gasteiger partial charge in [0.25, 0.3) is 0 Å². The number of ketones is 1. The van der Waals surface area contributed by atoms with Crippen molar-refractivity contribution in [3.63, 3.8) is 0 Å². The van der Waals surface area contributed by atoms with Gasteiger partial charge in [0, 0.05) is 18.9 Å². The molecule has 3 heterocycles. The standard InChI is InChI=1S/C25H22N4O5S/c1-3-12-29-24(20-13-32-18-10-6-7-11-19(18)33-20)27-28-25(29)35-14-21(31)26-22-16-8-4-5-9-17(16)34-23(22)15(2)30/h3-11,20H,1,12-14H2,2H3,(H,26,31)/t20-/m1/s1. The number of anilines is 1. The molecule has 35 heavy (non-hydrogen) atoms. The Balaban J connectivity index is 1.32. The van der Waals surface area contributed by atoms with Crippen LogP contribution in [-0.2, 0) is 11.3 Å². The van der Waals surface area contributed by atoms with E-state index in [1.807, 2.05) is 34.9 Å². The molecule has 1 amide bonds. The van der Waals surface area contributed by atoms with E-state index in [4.69, 9.17) is 13.9 Å². The molecule has 178 valence electrons. The third-order valence-electron chi connectivity index (χ3n) is 5.37. The monoisotopic (exact) mass is 490 g/mol. The number of amides is 1. The van der Waals surface area contributed by atoms with E-state index >= 15 is 0 Å². The van der Waals surface area contributed by atoms with Crippen LogP contribution in [0.3, 0.4) is 0 Å². The fraction of sp³-hybridized carbons (Fsp3) is 0.200. The number of fused-ring (bicyclic) bond motifs is 2. The topological polar surface area (TPSA) is 108 Å². The van der Waals surface area contributed by atoms with Crippen LogP contribution >= 0.6 is 11.8 Å². The Morgan fingerprint density at radius 2 is 1.94 bits per heavy atom. The Hall–Kier alpha value is -4.05. The molecule has 0 unspecified atom stereocenters. The van der Waals surface area contributed by atoms with Crippen molar-refractivity contribution >= 4 is 40.1 Å². The number of benzene rings is 2. The third kappa shape index (κ3) is 4.52. The molecule has 0 fully saturated rings. The Kier molecular flexibility index (Phi) is 6.28. The van der Waals surface area contributed by atoms with Crippen LogP contribution in [-0.4, -0.2) is 38.8 Å². The number of nitrogens with zero attached hydrogens (tertiary/aromatic N) is 3. The minimum atomic E-state index is -0.448. The predicted octanol–water partition coefficient (Wildman–Crippen LogP) is 4.66. The summed E-state index contributed by atoms with van der Waals surface area (Å²) in [4.78, 5) is 24.8. The molecule has 0 radical (unpaired) electrons. The molecule has 1 aliphatic rings. The van der Waals surface area contributed by atoms with Crippen LogP contribution in [0.1, 0.15) is 29.4 Å². The van der Waals surface area contributed by atoms with E-state index in [1.54, 1.807) is 24.3 Å². The maximum atomic E-state index is 12.8. The molecule has 2 aromatic heterocycles. The van der Waals surface area contributed by atoms with Gasteiger partial charge in [-0.25, -0.2) is 0 Å². The first-order valence-electron chi connectivity index (χ1n) is 10.9. The third-order valence-corrected chi connectivity index (χ3v) is 6.33. The summed E-state index contributed by atoms with van der Waals surface area (Å²) in [6.45, 7) is 5.95. The Morgan fingerprint density at radius 1 is 1.17 bits per heavy atom. The van der Waals surface area contributed by atoms with Gasteiger partial charge in [-0.05, 0) is 24.3 Å². The van der Waals surface area contributed by atoms with E-state index < -0.39 is 6.10 Å². The molecule has 0 saturated heterocycles. The lowest BCUT2D eigenvalue weighted by atomic mass is 10.2. The summed E-state index contributed by atoms with van der Waals surface area (Å²) >= 11 is 1.22. The number of para-hydroxylation sites is 3. The molecular formula is C25H22N4O5S. The van der Waals surface area contributed by atoms with Gasteiger partial charge in [-0.2, -0.15) is 0 Å². The van der Waals surface area contributed by atoms with E-state index in [2.05, 4.69) is 22.1 Å². The van der Waals surface area contributed by atoms with E-state index in [-0.39, 0.29) is 23.2 Å². The average Bonchev–Trinajstić information content (AvgIpc) is 3.44. The molecule has 10 heteroatoms. The molecule has 9 nitrogen and oxygen atoms in total. The Labute approximate surface area is 205 Å². The first kappa shape index (κ1) is 22.7. The highest BCUT2D eigenvalue weighted by molar-refractivity contribution is 7.99. The number of rotatable bonds is 8. The molecule has 2 aromatic carbocycles. The van der Waals surface area contributed by atoms with Crippen LogP contribution in [0, 0.1) is 0 Å². The molecule has 1 aliphatic heterocycles. The number of hydrogen-bond donors (Lipinski definition) is 1. The van der Waals surface area contributed by atoms with Crippen LogP contribution in [0.15, 0.2) is 70.8 Å². The molecule has 4 aromatic rings. The van der Waals surface area contributed by atoms with Crippen LogP contribution in [0.5, 0.6) is 11.5 Å². The summed E-state index contributed by atoms with van der Waals surface area (Å²) in [7, 11) is 0. The number of carbonyl (C=O) groups excluding carboxylic acids is 2. The molecule has 1 atom stereocenters. The zero-order chi connectivity index (χ0) is 24.4. The predicted molar refractivity (Wildman–Crippen MR) is 131 cm³/mol. The first-order chi connectivity index (χ1) is 17.0. The summed E-state index contributed by atoms with van der Waals surface area (Å²) in [6, 6.07) is 14.6. The van der Waals surface area contributed by atoms with Crippen LogP contribution < -0.4 is 14.8 Å². The summed E-state index contributed by atoms with van der Waals surface area (Å²) in [6.07, 6.45) is 1.28. The van der Waals surface area contributed by atoms with Crippen LogP contribution in [0.25, 0.3) is 11.0 Å². The number of Topliss-reactive ketones (excluding diaryl/α,β-unsaturated/α-hetero) is 1. The number of furan rings is 1. The number of aromatic nitrogens is 3. The first-order valence-corrected chi connectivity index (χ1v) is 11.9. The zero-order valence-corrected chi connectivity index (χ0v) is 19.7. The van der Waals surface area contributed by atoms with Gasteiger partial charge in [-0.15, -0.1) is 16.8 Å². The Bertz CT molecular complexity index is 1430. The fourth-order valence-corrected chi connectivity index (χ4v) is 4.57. The highest BCUT2D eigenvalue weighted by Gasteiger charge is 2.28. The second-order valence-electron chi connectivity index (χ2n) is 7.80. The Morgan fingerprint density at radius 3 is 2.74 bits per heavy atom. The summed E-state index contributed by atoms with van der Waals surface area (Å²) in [5.74, 6) is 1.51. The summed E-state index contributed by atoms with van der Waals surface area (Å²) in [5.41, 5.74) is 0.908. The number of carbonyl (C=O) groups is 2. The van der Waals surface area contributed by atoms with Crippen molar-refractivity contribution in [3.8, 4) is 11.5 Å². The lowest BCUT2D eigenvalue weighted by Crippen LogP contribution is -2.25. The van der Waals surface area contributed by atoms with Crippen molar-refractivity contribution in [3.05, 3.63) is 72.8 Å². The number of allylic oxidation sites excluding steroid dienone is 1. The van der Waals surface area contributed by atoms with Gasteiger partial charge >= 0.3 is 0 Å². The average molecular weight is 491 g/mol. The minimum Gasteiger partial charge on any atom is -0.485 e. The lowest BCUT2D eigenvalue weighted by Gasteiger charge is -2.26. The van der Waals surface area contributed by atoms with Crippen LogP contribution in [0.2, 0.25) is 0 Å². The normalized spacial score (nSPS) is 14.6. The van der Waals surface area contributed by atoms with Crippen molar-refractivity contribution in [2.45, 2.75) is 24.7 Å². The van der Waals surface area contributed by atoms with Crippen molar-refractivity contribution in [2.24, 2.45) is 0 Å². The van der Waals surface area contributed by atoms with Gasteiger partial charge < -0.3 is 19.2 Å². The van der Waals surface area contributed by atoms with E-state index in [9.17, 15) is 9.59 Å². The highest BCUT2D eigenvalue weighted by Crippen LogP contribution is 2.36. The maximum Gasteiger partial charge on any atom is 0.234 e. The molecule has 0 saturated carbocycles. The molecule has 5 rings (SSSR count). The number of ether oxygens (including phenoxy) is 2. The largest absolute Gasteiger partial charge is 0.485 e. The van der Waals surface area contributed by atoms with Crippen molar-refractivity contribution in [1.29, 1.82) is 0 Å². The van der Waals surface area contributed by atoms with Crippen molar-refractivity contribution in [2.75, 3.05) is 17.7 Å². The molecule has 0 bridgehead atoms. The smallest absolute Gasteiger partial charge is 0.234 e. The molecule has 0 aliphatic carbocycles. The summed E-state index contributed by atoms with van der Waals surface area (Å²) in [5, 5.41) is 12.6. The molecule has 1 N–H and O–H groups in total. The SMILES string of the molecule is C=CCn1c(SCC(=O)Nc2c(C(C)=O)oc3ccccc23)nnc1[C@H]1COc2ccccc2O1. The molecule has 0 spiro atoms. The zero-order valence-electron chi connectivity index (χ0n) is 18.9. The fourth-order valence-electron chi connectivity index (χ4n) is 3.82. The van der Waals surface area contributed by atoms with E-state index in [0.29, 0.717) is 52.3 Å². The summed E-state index contributed by atoms with van der Waals surface area (Å²) < 4.78 is 19.4. The number of nitrogens with one attached hydrogen (secondary N) is 1. The number of thioether (sulfide) groups is 1. The second-order valence-corrected chi connectivity index (χ2v) is 8.74. The van der Waals surface area contributed by atoms with Gasteiger partial charge in [0.1, 0.15) is 12.2 Å². The molecular weight excluding hydrogens is 468 g/mol. The van der Waals surface area contributed by atoms with E-state index in [1.165, 1.54) is 18.7 Å². The second kappa shape index (κ2) is 9.67. The van der Waals surface area contributed by atoms with Gasteiger partial charge in [0.15, 0.2) is 40.1 Å². The van der Waals surface area contributed by atoms with E-state index in [0.717, 1.165) is 0 Å². The highest BCUT2D eigenvalue weighted by atomic mass is 32.2. The van der Waals surface area contributed by atoms with Gasteiger partial charge in [-0.3, -0.25) is 14.2 Å². The van der Waals surface area contributed by atoms with Crippen molar-refractivity contribution < 1.29 is 23.5 Å². The van der Waals surface area contributed by atoms with Crippen molar-refractivity contribution in [1.82, 2.24) is 14.8 Å². The minimum absolute atomic E-state index is 0.0526. The maximum absolute atomic E-state index is 12.8. The van der Waals surface area contributed by atoms with Gasteiger partial charge in [-0.1, -0.05) is 42.1 Å².